The molecule has 0 radical (unpaired) electrons. The van der Waals surface area contributed by atoms with Crippen molar-refractivity contribution in [3.8, 4) is 17.6 Å². The average molecular weight is 235 g/mol. The summed E-state index contributed by atoms with van der Waals surface area (Å²) in [4.78, 5) is 0. The first-order valence-corrected chi connectivity index (χ1v) is 5.47. The SMILES string of the molecule is CCC(C#N)C(O)c1ccc(OC)cc1OC. The van der Waals surface area contributed by atoms with Crippen LogP contribution >= 0.6 is 0 Å². The number of hydrogen-bond donors (Lipinski definition) is 1. The van der Waals surface area contributed by atoms with Crippen molar-refractivity contribution in [1.29, 1.82) is 5.26 Å². The molecule has 4 heteroatoms. The van der Waals surface area contributed by atoms with Crippen LogP contribution in [0.2, 0.25) is 0 Å². The number of benzene rings is 1. The van der Waals surface area contributed by atoms with Gasteiger partial charge in [-0.1, -0.05) is 6.92 Å². The molecule has 0 fully saturated rings. The molecule has 0 aromatic heterocycles. The number of ether oxygens (including phenoxy) is 2. The van der Waals surface area contributed by atoms with Crippen LogP contribution in [0.25, 0.3) is 0 Å². The lowest BCUT2D eigenvalue weighted by Crippen LogP contribution is -2.11. The van der Waals surface area contributed by atoms with E-state index in [4.69, 9.17) is 14.7 Å². The minimum Gasteiger partial charge on any atom is -0.497 e. The van der Waals surface area contributed by atoms with Gasteiger partial charge in [-0.05, 0) is 18.6 Å². The predicted molar refractivity (Wildman–Crippen MR) is 63.9 cm³/mol. The molecule has 0 aliphatic heterocycles. The summed E-state index contributed by atoms with van der Waals surface area (Å²) in [5.41, 5.74) is 0.613. The number of aliphatic hydroxyl groups is 1. The van der Waals surface area contributed by atoms with Crippen LogP contribution in [-0.2, 0) is 0 Å². The van der Waals surface area contributed by atoms with Crippen molar-refractivity contribution in [2.75, 3.05) is 14.2 Å². The Balaban J connectivity index is 3.09. The fourth-order valence-electron chi connectivity index (χ4n) is 1.66. The number of aliphatic hydroxyl groups excluding tert-OH is 1. The summed E-state index contributed by atoms with van der Waals surface area (Å²) in [6.45, 7) is 1.87. The van der Waals surface area contributed by atoms with E-state index in [1.54, 1.807) is 25.3 Å². The lowest BCUT2D eigenvalue weighted by molar-refractivity contribution is 0.129. The fourth-order valence-corrected chi connectivity index (χ4v) is 1.66. The Morgan fingerprint density at radius 3 is 2.53 bits per heavy atom. The van der Waals surface area contributed by atoms with E-state index in [0.29, 0.717) is 23.5 Å². The molecular formula is C13H17NO3. The Labute approximate surface area is 101 Å². The molecule has 0 bridgehead atoms. The highest BCUT2D eigenvalue weighted by atomic mass is 16.5. The zero-order valence-corrected chi connectivity index (χ0v) is 10.3. The van der Waals surface area contributed by atoms with Crippen LogP contribution in [0.1, 0.15) is 25.0 Å². The summed E-state index contributed by atoms with van der Waals surface area (Å²) in [5, 5.41) is 19.1. The smallest absolute Gasteiger partial charge is 0.128 e. The third-order valence-corrected chi connectivity index (χ3v) is 2.75. The third kappa shape index (κ3) is 2.89. The molecular weight excluding hydrogens is 218 g/mol. The molecule has 0 aliphatic carbocycles. The maximum Gasteiger partial charge on any atom is 0.128 e. The molecule has 2 atom stereocenters. The van der Waals surface area contributed by atoms with Crippen LogP contribution < -0.4 is 9.47 Å². The fraction of sp³-hybridized carbons (Fsp3) is 0.462. The van der Waals surface area contributed by atoms with Crippen molar-refractivity contribution in [3.63, 3.8) is 0 Å². The Bertz CT molecular complexity index is 412. The summed E-state index contributed by atoms with van der Waals surface area (Å²) in [6, 6.07) is 7.26. The first-order valence-electron chi connectivity index (χ1n) is 5.47. The quantitative estimate of drug-likeness (QED) is 0.850. The highest BCUT2D eigenvalue weighted by molar-refractivity contribution is 5.42. The summed E-state index contributed by atoms with van der Waals surface area (Å²) in [7, 11) is 3.09. The van der Waals surface area contributed by atoms with E-state index in [2.05, 4.69) is 6.07 Å². The first-order chi connectivity index (χ1) is 8.17. The molecule has 1 N–H and O–H groups in total. The maximum atomic E-state index is 10.1. The van der Waals surface area contributed by atoms with E-state index in [1.807, 2.05) is 6.92 Å². The van der Waals surface area contributed by atoms with E-state index in [-0.39, 0.29) is 0 Å². The normalized spacial score (nSPS) is 13.6. The minimum absolute atomic E-state index is 0.433. The van der Waals surface area contributed by atoms with Gasteiger partial charge in [-0.3, -0.25) is 0 Å². The molecule has 0 saturated carbocycles. The Morgan fingerprint density at radius 2 is 2.06 bits per heavy atom. The molecule has 2 unspecified atom stereocenters. The monoisotopic (exact) mass is 235 g/mol. The van der Waals surface area contributed by atoms with Crippen molar-refractivity contribution in [2.24, 2.45) is 5.92 Å². The number of methoxy groups -OCH3 is 2. The van der Waals surface area contributed by atoms with Gasteiger partial charge in [-0.2, -0.15) is 5.26 Å². The van der Waals surface area contributed by atoms with Gasteiger partial charge in [0.25, 0.3) is 0 Å². The largest absolute Gasteiger partial charge is 0.497 e. The Hall–Kier alpha value is -1.73. The second-order valence-electron chi connectivity index (χ2n) is 3.70. The van der Waals surface area contributed by atoms with Gasteiger partial charge in [0.15, 0.2) is 0 Å². The van der Waals surface area contributed by atoms with Crippen LogP contribution in [0, 0.1) is 17.2 Å². The Morgan fingerprint density at radius 1 is 1.35 bits per heavy atom. The molecule has 0 heterocycles. The second-order valence-corrected chi connectivity index (χ2v) is 3.70. The topological polar surface area (TPSA) is 62.5 Å². The first kappa shape index (κ1) is 13.3. The minimum atomic E-state index is -0.842. The van der Waals surface area contributed by atoms with Crippen LogP contribution in [0.4, 0.5) is 0 Å². The van der Waals surface area contributed by atoms with Crippen LogP contribution in [0.3, 0.4) is 0 Å². The molecule has 1 rings (SSSR count). The molecule has 0 saturated heterocycles. The molecule has 17 heavy (non-hydrogen) atoms. The molecule has 0 amide bonds. The van der Waals surface area contributed by atoms with E-state index in [1.165, 1.54) is 7.11 Å². The van der Waals surface area contributed by atoms with E-state index in [9.17, 15) is 5.11 Å². The van der Waals surface area contributed by atoms with E-state index < -0.39 is 12.0 Å². The summed E-state index contributed by atoms with van der Waals surface area (Å²) < 4.78 is 10.3. The summed E-state index contributed by atoms with van der Waals surface area (Å²) in [6.07, 6.45) is -0.252. The van der Waals surface area contributed by atoms with Gasteiger partial charge in [-0.25, -0.2) is 0 Å². The zero-order chi connectivity index (χ0) is 12.8. The van der Waals surface area contributed by atoms with Gasteiger partial charge < -0.3 is 14.6 Å². The van der Waals surface area contributed by atoms with Gasteiger partial charge in [0.05, 0.1) is 32.3 Å². The lowest BCUT2D eigenvalue weighted by atomic mass is 9.94. The van der Waals surface area contributed by atoms with Gasteiger partial charge in [0, 0.05) is 11.6 Å². The van der Waals surface area contributed by atoms with Crippen molar-refractivity contribution in [3.05, 3.63) is 23.8 Å². The third-order valence-electron chi connectivity index (χ3n) is 2.75. The molecule has 4 nitrogen and oxygen atoms in total. The van der Waals surface area contributed by atoms with Crippen LogP contribution in [0.15, 0.2) is 18.2 Å². The standard InChI is InChI=1S/C13H17NO3/c1-4-9(8-14)13(15)11-6-5-10(16-2)7-12(11)17-3/h5-7,9,13,15H,4H2,1-3H3. The molecule has 92 valence electrons. The Kier molecular flexibility index (Phi) is 4.80. The number of rotatable bonds is 5. The van der Waals surface area contributed by atoms with Gasteiger partial charge in [0.1, 0.15) is 11.5 Å². The average Bonchev–Trinajstić information content (AvgIpc) is 2.39. The summed E-state index contributed by atoms with van der Waals surface area (Å²) >= 11 is 0. The number of hydrogen-bond acceptors (Lipinski definition) is 4. The van der Waals surface area contributed by atoms with Crippen molar-refractivity contribution >= 4 is 0 Å². The predicted octanol–water partition coefficient (Wildman–Crippen LogP) is 2.29. The lowest BCUT2D eigenvalue weighted by Gasteiger charge is -2.18. The zero-order valence-electron chi connectivity index (χ0n) is 10.3. The van der Waals surface area contributed by atoms with E-state index >= 15 is 0 Å². The molecule has 0 spiro atoms. The van der Waals surface area contributed by atoms with Gasteiger partial charge in [-0.15, -0.1) is 0 Å². The van der Waals surface area contributed by atoms with E-state index in [0.717, 1.165) is 0 Å². The van der Waals surface area contributed by atoms with Crippen molar-refractivity contribution < 1.29 is 14.6 Å². The van der Waals surface area contributed by atoms with Crippen molar-refractivity contribution in [1.82, 2.24) is 0 Å². The number of nitrogens with zero attached hydrogens (tertiary/aromatic N) is 1. The van der Waals surface area contributed by atoms with Gasteiger partial charge in [0.2, 0.25) is 0 Å². The number of nitriles is 1. The maximum absolute atomic E-state index is 10.1. The van der Waals surface area contributed by atoms with Crippen LogP contribution in [-0.4, -0.2) is 19.3 Å². The molecule has 1 aromatic rings. The molecule has 0 aliphatic rings. The summed E-state index contributed by atoms with van der Waals surface area (Å²) in [5.74, 6) is 0.755. The van der Waals surface area contributed by atoms with Gasteiger partial charge >= 0.3 is 0 Å². The van der Waals surface area contributed by atoms with Crippen LogP contribution in [0.5, 0.6) is 11.5 Å². The van der Waals surface area contributed by atoms with Crippen molar-refractivity contribution in [2.45, 2.75) is 19.4 Å². The molecule has 1 aromatic carbocycles. The highest BCUT2D eigenvalue weighted by Crippen LogP contribution is 2.33. The highest BCUT2D eigenvalue weighted by Gasteiger charge is 2.22. The second kappa shape index (κ2) is 6.12.